The number of carbonyl (C=O) groups excluding carboxylic acids is 2. The molecule has 4 rings (SSSR count). The predicted octanol–water partition coefficient (Wildman–Crippen LogP) is 2.18. The highest BCUT2D eigenvalue weighted by Gasteiger charge is 2.24. The molecule has 5 heteroatoms. The molecule has 5 nitrogen and oxygen atoms in total. The van der Waals surface area contributed by atoms with Crippen molar-refractivity contribution in [3.8, 4) is 0 Å². The van der Waals surface area contributed by atoms with E-state index in [1.165, 1.54) is 17.2 Å². The maximum atomic E-state index is 12.6. The molecule has 2 aliphatic rings. The van der Waals surface area contributed by atoms with Gasteiger partial charge in [0.05, 0.1) is 0 Å². The third-order valence-electron chi connectivity index (χ3n) is 5.18. The normalized spacial score (nSPS) is 19.0. The molecule has 1 unspecified atom stereocenters. The van der Waals surface area contributed by atoms with Gasteiger partial charge in [-0.05, 0) is 49.3 Å². The van der Waals surface area contributed by atoms with Crippen LogP contribution in [0.5, 0.6) is 0 Å². The molecule has 1 amide bonds. The van der Waals surface area contributed by atoms with Crippen molar-refractivity contribution in [1.82, 2.24) is 10.3 Å². The molecule has 1 heterocycles. The molecule has 25 heavy (non-hydrogen) atoms. The zero-order chi connectivity index (χ0) is 17.4. The van der Waals surface area contributed by atoms with Crippen molar-refractivity contribution in [2.24, 2.45) is 0 Å². The Morgan fingerprint density at radius 3 is 2.72 bits per heavy atom. The number of carbonyl (C=O) groups is 2. The van der Waals surface area contributed by atoms with Crippen LogP contribution in [0.3, 0.4) is 0 Å². The highest BCUT2D eigenvalue weighted by molar-refractivity contribution is 6.01. The van der Waals surface area contributed by atoms with Crippen LogP contribution in [-0.2, 0) is 19.3 Å². The number of pyridine rings is 1. The van der Waals surface area contributed by atoms with Crippen LogP contribution in [-0.4, -0.2) is 22.7 Å². The third kappa shape index (κ3) is 3.02. The van der Waals surface area contributed by atoms with E-state index < -0.39 is 11.5 Å². The van der Waals surface area contributed by atoms with E-state index >= 15 is 0 Å². The summed E-state index contributed by atoms with van der Waals surface area (Å²) in [5, 5.41) is 2.97. The first kappa shape index (κ1) is 15.8. The number of aromatic amines is 1. The second kappa shape index (κ2) is 6.31. The van der Waals surface area contributed by atoms with E-state index in [1.807, 2.05) is 12.1 Å². The molecule has 0 radical (unpaired) electrons. The smallest absolute Gasteiger partial charge is 0.261 e. The Kier molecular flexibility index (Phi) is 3.99. The number of fused-ring (bicyclic) bond motifs is 2. The highest BCUT2D eigenvalue weighted by Crippen LogP contribution is 2.22. The number of hydrogen-bond donors (Lipinski definition) is 2. The summed E-state index contributed by atoms with van der Waals surface area (Å²) in [6.45, 7) is 0. The zero-order valence-corrected chi connectivity index (χ0v) is 13.9. The number of benzene rings is 1. The largest absolute Gasteiger partial charge is 0.349 e. The number of aromatic nitrogens is 1. The van der Waals surface area contributed by atoms with E-state index in [-0.39, 0.29) is 17.4 Å². The zero-order valence-electron chi connectivity index (χ0n) is 13.9. The van der Waals surface area contributed by atoms with Crippen LogP contribution in [0.4, 0.5) is 0 Å². The summed E-state index contributed by atoms with van der Waals surface area (Å²) in [4.78, 5) is 39.6. The van der Waals surface area contributed by atoms with Gasteiger partial charge in [0, 0.05) is 23.7 Å². The molecule has 0 spiro atoms. The van der Waals surface area contributed by atoms with Crippen molar-refractivity contribution in [3.63, 3.8) is 0 Å². The van der Waals surface area contributed by atoms with Crippen LogP contribution in [0, 0.1) is 0 Å². The van der Waals surface area contributed by atoms with Gasteiger partial charge in [-0.15, -0.1) is 0 Å². The molecule has 1 aromatic heterocycles. The number of ketones is 1. The highest BCUT2D eigenvalue weighted by atomic mass is 16.2. The number of aryl methyl sites for hydroxylation is 2. The molecule has 0 aliphatic heterocycles. The van der Waals surface area contributed by atoms with Gasteiger partial charge in [0.1, 0.15) is 5.56 Å². The molecule has 0 saturated carbocycles. The second-order valence-corrected chi connectivity index (χ2v) is 6.86. The molecule has 128 valence electrons. The van der Waals surface area contributed by atoms with E-state index in [0.717, 1.165) is 25.7 Å². The Hall–Kier alpha value is -2.69. The molecule has 1 atom stereocenters. The van der Waals surface area contributed by atoms with Gasteiger partial charge in [-0.2, -0.15) is 0 Å². The molecule has 2 N–H and O–H groups in total. The van der Waals surface area contributed by atoms with Crippen LogP contribution in [0.25, 0.3) is 0 Å². The van der Waals surface area contributed by atoms with Gasteiger partial charge in [-0.3, -0.25) is 14.4 Å². The monoisotopic (exact) mass is 336 g/mol. The Balaban J connectivity index is 1.55. The Bertz CT molecular complexity index is 913. The number of nitrogens with one attached hydrogen (secondary N) is 2. The second-order valence-electron chi connectivity index (χ2n) is 6.86. The summed E-state index contributed by atoms with van der Waals surface area (Å²) in [7, 11) is 0. The summed E-state index contributed by atoms with van der Waals surface area (Å²) in [5.74, 6) is -0.398. The molecule has 0 saturated heterocycles. The fraction of sp³-hybridized carbons (Fsp3) is 0.350. The molecule has 2 aliphatic carbocycles. The number of rotatable bonds is 2. The van der Waals surface area contributed by atoms with E-state index in [1.54, 1.807) is 0 Å². The predicted molar refractivity (Wildman–Crippen MR) is 94.1 cm³/mol. The molecule has 2 aromatic rings. The molecular weight excluding hydrogens is 316 g/mol. The van der Waals surface area contributed by atoms with E-state index in [4.69, 9.17) is 0 Å². The van der Waals surface area contributed by atoms with Gasteiger partial charge >= 0.3 is 0 Å². The lowest BCUT2D eigenvalue weighted by Gasteiger charge is -2.25. The average Bonchev–Trinajstić information content (AvgIpc) is 2.61. The molecule has 0 bridgehead atoms. The Morgan fingerprint density at radius 2 is 1.88 bits per heavy atom. The minimum atomic E-state index is -0.415. The summed E-state index contributed by atoms with van der Waals surface area (Å²) in [5.41, 5.74) is 3.34. The molecule has 0 fully saturated rings. The summed E-state index contributed by atoms with van der Waals surface area (Å²) < 4.78 is 0. The lowest BCUT2D eigenvalue weighted by Crippen LogP contribution is -2.41. The fourth-order valence-electron chi connectivity index (χ4n) is 3.83. The maximum Gasteiger partial charge on any atom is 0.261 e. The van der Waals surface area contributed by atoms with Crippen LogP contribution in [0.2, 0.25) is 0 Å². The number of H-pyrrole nitrogens is 1. The summed E-state index contributed by atoms with van der Waals surface area (Å²) >= 11 is 0. The Morgan fingerprint density at radius 1 is 1.08 bits per heavy atom. The van der Waals surface area contributed by atoms with Crippen molar-refractivity contribution in [1.29, 1.82) is 0 Å². The molecular formula is C20H20N2O3. The van der Waals surface area contributed by atoms with Crippen LogP contribution in [0.15, 0.2) is 35.1 Å². The fourth-order valence-corrected chi connectivity index (χ4v) is 3.83. The van der Waals surface area contributed by atoms with E-state index in [2.05, 4.69) is 22.4 Å². The van der Waals surface area contributed by atoms with E-state index in [0.29, 0.717) is 24.1 Å². The standard InChI is InChI=1S/C20H20N2O3/c23-18-7-3-6-17-15(18)11-16(20(25)22-17)19(24)21-14-9-8-12-4-1-2-5-13(12)10-14/h1-2,4-5,11,14H,3,6-10H2,(H,21,24)(H,22,25). The Labute approximate surface area is 145 Å². The summed E-state index contributed by atoms with van der Waals surface area (Å²) in [6.07, 6.45) is 4.43. The van der Waals surface area contributed by atoms with Crippen molar-refractivity contribution in [3.05, 3.63) is 68.6 Å². The van der Waals surface area contributed by atoms with Gasteiger partial charge in [-0.1, -0.05) is 24.3 Å². The van der Waals surface area contributed by atoms with Gasteiger partial charge in [-0.25, -0.2) is 0 Å². The van der Waals surface area contributed by atoms with Crippen LogP contribution < -0.4 is 10.9 Å². The van der Waals surface area contributed by atoms with Crippen LogP contribution in [0.1, 0.15) is 56.8 Å². The number of Topliss-reactive ketones (excluding diaryl/α,β-unsaturated/α-hetero) is 1. The SMILES string of the molecule is O=C1CCCc2[nH]c(=O)c(C(=O)NC3CCc4ccccc4C3)cc21. The van der Waals surface area contributed by atoms with Gasteiger partial charge < -0.3 is 10.3 Å². The quantitative estimate of drug-likeness (QED) is 0.882. The first-order valence-electron chi connectivity index (χ1n) is 8.79. The maximum absolute atomic E-state index is 12.6. The van der Waals surface area contributed by atoms with Crippen LogP contribution >= 0.6 is 0 Å². The van der Waals surface area contributed by atoms with E-state index in [9.17, 15) is 14.4 Å². The van der Waals surface area contributed by atoms with Crippen molar-refractivity contribution in [2.45, 2.75) is 44.6 Å². The first-order chi connectivity index (χ1) is 12.1. The number of amides is 1. The van der Waals surface area contributed by atoms with Gasteiger partial charge in [0.2, 0.25) is 0 Å². The van der Waals surface area contributed by atoms with Gasteiger partial charge in [0.25, 0.3) is 11.5 Å². The first-order valence-corrected chi connectivity index (χ1v) is 8.79. The minimum Gasteiger partial charge on any atom is -0.349 e. The minimum absolute atomic E-state index is 0.00172. The van der Waals surface area contributed by atoms with Crippen molar-refractivity contribution in [2.75, 3.05) is 0 Å². The number of hydrogen-bond acceptors (Lipinski definition) is 3. The van der Waals surface area contributed by atoms with Gasteiger partial charge in [0.15, 0.2) is 5.78 Å². The average molecular weight is 336 g/mol. The van der Waals surface area contributed by atoms with Crippen molar-refractivity contribution < 1.29 is 9.59 Å². The molecule has 1 aromatic carbocycles. The summed E-state index contributed by atoms with van der Waals surface area (Å²) in [6, 6.07) is 9.71. The topological polar surface area (TPSA) is 79.0 Å². The lowest BCUT2D eigenvalue weighted by atomic mass is 9.88. The van der Waals surface area contributed by atoms with Crippen molar-refractivity contribution >= 4 is 11.7 Å². The lowest BCUT2D eigenvalue weighted by molar-refractivity contribution is 0.0932. The third-order valence-corrected chi connectivity index (χ3v) is 5.18.